The molecule has 1 amide bonds. The molecule has 6 heteroatoms. The van der Waals surface area contributed by atoms with Gasteiger partial charge in [-0.05, 0) is 25.3 Å². The first-order valence-corrected chi connectivity index (χ1v) is 8.83. The molecule has 0 saturated carbocycles. The summed E-state index contributed by atoms with van der Waals surface area (Å²) < 4.78 is 0. The highest BCUT2D eigenvalue weighted by Gasteiger charge is 2.22. The summed E-state index contributed by atoms with van der Waals surface area (Å²) in [5, 5.41) is 5.50. The molecule has 1 fully saturated rings. The maximum atomic E-state index is 12.5. The summed E-state index contributed by atoms with van der Waals surface area (Å²) in [7, 11) is 0. The van der Waals surface area contributed by atoms with Crippen LogP contribution in [0, 0.1) is 0 Å². The molecule has 20 heavy (non-hydrogen) atoms. The van der Waals surface area contributed by atoms with Gasteiger partial charge < -0.3 is 10.2 Å². The van der Waals surface area contributed by atoms with Crippen molar-refractivity contribution in [1.29, 1.82) is 0 Å². The number of amides is 1. The normalized spacial score (nSPS) is 18.6. The van der Waals surface area contributed by atoms with Crippen molar-refractivity contribution in [2.24, 2.45) is 0 Å². The van der Waals surface area contributed by atoms with Crippen LogP contribution >= 0.6 is 35.5 Å². The molecule has 114 valence electrons. The third-order valence-electron chi connectivity index (χ3n) is 3.27. The molecule has 1 aliphatic heterocycles. The van der Waals surface area contributed by atoms with E-state index in [0.29, 0.717) is 12.5 Å². The predicted molar refractivity (Wildman–Crippen MR) is 91.0 cm³/mol. The van der Waals surface area contributed by atoms with Crippen molar-refractivity contribution in [3.05, 3.63) is 22.4 Å². The quantitative estimate of drug-likeness (QED) is 0.898. The standard InChI is InChI=1S/C14H22N2OS2.ClH/c1-11(2)16(9-13-4-3-6-19-13)14(17)8-12-10-18-7-5-15-12;/h3-4,6,11-12,15H,5,7-10H2,1-2H3;1H. The van der Waals surface area contributed by atoms with Crippen molar-refractivity contribution >= 4 is 41.4 Å². The number of rotatable bonds is 5. The fourth-order valence-corrected chi connectivity index (χ4v) is 3.86. The first kappa shape index (κ1) is 17.8. The molecule has 0 aliphatic carbocycles. The zero-order valence-corrected chi connectivity index (χ0v) is 14.5. The van der Waals surface area contributed by atoms with Crippen LogP contribution in [-0.4, -0.2) is 40.9 Å². The zero-order chi connectivity index (χ0) is 13.7. The minimum atomic E-state index is 0. The van der Waals surface area contributed by atoms with Gasteiger partial charge in [-0.1, -0.05) is 6.07 Å². The van der Waals surface area contributed by atoms with Gasteiger partial charge in [0.25, 0.3) is 0 Å². The van der Waals surface area contributed by atoms with E-state index in [2.05, 4.69) is 30.6 Å². The second kappa shape index (κ2) is 8.93. The third kappa shape index (κ3) is 5.28. The summed E-state index contributed by atoms with van der Waals surface area (Å²) >= 11 is 3.66. The number of carbonyl (C=O) groups is 1. The summed E-state index contributed by atoms with van der Waals surface area (Å²) in [6, 6.07) is 4.74. The van der Waals surface area contributed by atoms with Crippen molar-refractivity contribution in [1.82, 2.24) is 10.2 Å². The first-order chi connectivity index (χ1) is 9.16. The van der Waals surface area contributed by atoms with E-state index in [4.69, 9.17) is 0 Å². The van der Waals surface area contributed by atoms with Gasteiger partial charge in [-0.3, -0.25) is 4.79 Å². The molecule has 2 heterocycles. The summed E-state index contributed by atoms with van der Waals surface area (Å²) in [6.45, 7) is 5.95. The van der Waals surface area contributed by atoms with Crippen molar-refractivity contribution < 1.29 is 4.79 Å². The monoisotopic (exact) mass is 334 g/mol. The highest BCUT2D eigenvalue weighted by atomic mass is 35.5. The van der Waals surface area contributed by atoms with Crippen molar-refractivity contribution in [3.63, 3.8) is 0 Å². The number of nitrogens with zero attached hydrogens (tertiary/aromatic N) is 1. The Hall–Kier alpha value is -0.230. The van der Waals surface area contributed by atoms with E-state index in [-0.39, 0.29) is 24.4 Å². The second-order valence-corrected chi connectivity index (χ2v) is 7.31. The molecule has 1 N–H and O–H groups in total. The smallest absolute Gasteiger partial charge is 0.224 e. The van der Waals surface area contributed by atoms with Crippen LogP contribution in [0.15, 0.2) is 17.5 Å². The Balaban J connectivity index is 0.00000200. The number of nitrogens with one attached hydrogen (secondary N) is 1. The fraction of sp³-hybridized carbons (Fsp3) is 0.643. The average Bonchev–Trinajstić information content (AvgIpc) is 2.89. The molecular formula is C14H23ClN2OS2. The lowest BCUT2D eigenvalue weighted by Gasteiger charge is -2.30. The molecule has 3 nitrogen and oxygen atoms in total. The van der Waals surface area contributed by atoms with E-state index in [1.54, 1.807) is 11.3 Å². The van der Waals surface area contributed by atoms with Gasteiger partial charge in [0.15, 0.2) is 0 Å². The summed E-state index contributed by atoms with van der Waals surface area (Å²) in [4.78, 5) is 15.7. The van der Waals surface area contributed by atoms with E-state index in [1.807, 2.05) is 22.7 Å². The lowest BCUT2D eigenvalue weighted by molar-refractivity contribution is -0.133. The molecule has 1 saturated heterocycles. The van der Waals surface area contributed by atoms with Crippen LogP contribution in [0.3, 0.4) is 0 Å². The molecule has 1 aliphatic rings. The molecule has 0 bridgehead atoms. The SMILES string of the molecule is CC(C)N(Cc1cccs1)C(=O)CC1CSCCN1.Cl. The largest absolute Gasteiger partial charge is 0.335 e. The number of hydrogen-bond donors (Lipinski definition) is 1. The van der Waals surface area contributed by atoms with E-state index in [1.165, 1.54) is 4.88 Å². The van der Waals surface area contributed by atoms with Gasteiger partial charge >= 0.3 is 0 Å². The second-order valence-electron chi connectivity index (χ2n) is 5.12. The maximum Gasteiger partial charge on any atom is 0.224 e. The third-order valence-corrected chi connectivity index (χ3v) is 5.26. The van der Waals surface area contributed by atoms with Crippen LogP contribution in [0.2, 0.25) is 0 Å². The molecule has 0 aromatic carbocycles. The summed E-state index contributed by atoms with van der Waals surface area (Å²) in [6.07, 6.45) is 0.622. The van der Waals surface area contributed by atoms with Crippen LogP contribution in [0.25, 0.3) is 0 Å². The van der Waals surface area contributed by atoms with Gasteiger partial charge in [0.2, 0.25) is 5.91 Å². The highest BCUT2D eigenvalue weighted by Crippen LogP contribution is 2.17. The van der Waals surface area contributed by atoms with Gasteiger partial charge in [-0.25, -0.2) is 0 Å². The lowest BCUT2D eigenvalue weighted by atomic mass is 10.2. The average molecular weight is 335 g/mol. The van der Waals surface area contributed by atoms with Gasteiger partial charge in [0.1, 0.15) is 0 Å². The van der Waals surface area contributed by atoms with E-state index >= 15 is 0 Å². The van der Waals surface area contributed by atoms with Crippen LogP contribution in [-0.2, 0) is 11.3 Å². The van der Waals surface area contributed by atoms with Crippen LogP contribution in [0.1, 0.15) is 25.1 Å². The van der Waals surface area contributed by atoms with Crippen molar-refractivity contribution in [3.8, 4) is 0 Å². The minimum absolute atomic E-state index is 0. The van der Waals surface area contributed by atoms with E-state index in [9.17, 15) is 4.79 Å². The Kier molecular flexibility index (Phi) is 7.95. The maximum absolute atomic E-state index is 12.5. The number of hydrogen-bond acceptors (Lipinski definition) is 4. The lowest BCUT2D eigenvalue weighted by Crippen LogP contribution is -2.44. The number of halogens is 1. The molecular weight excluding hydrogens is 312 g/mol. The Morgan fingerprint density at radius 3 is 2.90 bits per heavy atom. The van der Waals surface area contributed by atoms with Crippen LogP contribution < -0.4 is 5.32 Å². The molecule has 1 aromatic rings. The highest BCUT2D eigenvalue weighted by molar-refractivity contribution is 7.99. The number of thioether (sulfide) groups is 1. The van der Waals surface area contributed by atoms with Gasteiger partial charge in [0.05, 0.1) is 6.54 Å². The molecule has 2 rings (SSSR count). The topological polar surface area (TPSA) is 32.3 Å². The Morgan fingerprint density at radius 1 is 1.55 bits per heavy atom. The Labute approximate surface area is 135 Å². The van der Waals surface area contributed by atoms with Crippen molar-refractivity contribution in [2.75, 3.05) is 18.1 Å². The fourth-order valence-electron chi connectivity index (χ4n) is 2.21. The van der Waals surface area contributed by atoms with Gasteiger partial charge in [0, 0.05) is 41.4 Å². The van der Waals surface area contributed by atoms with E-state index in [0.717, 1.165) is 24.6 Å². The van der Waals surface area contributed by atoms with E-state index < -0.39 is 0 Å². The molecule has 1 atom stereocenters. The van der Waals surface area contributed by atoms with Crippen molar-refractivity contribution in [2.45, 2.75) is 38.9 Å². The zero-order valence-electron chi connectivity index (χ0n) is 12.0. The summed E-state index contributed by atoms with van der Waals surface area (Å²) in [5.74, 6) is 2.48. The summed E-state index contributed by atoms with van der Waals surface area (Å²) in [5.41, 5.74) is 0. The molecule has 1 aromatic heterocycles. The number of carbonyl (C=O) groups excluding carboxylic acids is 1. The van der Waals surface area contributed by atoms with Crippen LogP contribution in [0.5, 0.6) is 0 Å². The first-order valence-electron chi connectivity index (χ1n) is 6.80. The van der Waals surface area contributed by atoms with Gasteiger partial charge in [-0.15, -0.1) is 23.7 Å². The predicted octanol–water partition coefficient (Wildman–Crippen LogP) is 3.00. The Bertz CT molecular complexity index is 392. The Morgan fingerprint density at radius 2 is 2.35 bits per heavy atom. The minimum Gasteiger partial charge on any atom is -0.335 e. The molecule has 0 spiro atoms. The molecule has 1 unspecified atom stereocenters. The van der Waals surface area contributed by atoms with Gasteiger partial charge in [-0.2, -0.15) is 11.8 Å². The molecule has 0 radical (unpaired) electrons. The van der Waals surface area contributed by atoms with Crippen LogP contribution in [0.4, 0.5) is 0 Å². The number of thiophene rings is 1.